The third-order valence-electron chi connectivity index (χ3n) is 3.66. The summed E-state index contributed by atoms with van der Waals surface area (Å²) in [6, 6.07) is 0. The first-order chi connectivity index (χ1) is 5.47. The number of hydrogen-bond acceptors (Lipinski definition) is 1. The molecule has 0 saturated heterocycles. The summed E-state index contributed by atoms with van der Waals surface area (Å²) < 4.78 is 0. The molecule has 70 valence electrons. The molecule has 1 aliphatic rings. The van der Waals surface area contributed by atoms with Gasteiger partial charge in [-0.25, -0.2) is 0 Å². The molecule has 0 aromatic carbocycles. The van der Waals surface area contributed by atoms with Gasteiger partial charge in [-0.15, -0.1) is 0 Å². The van der Waals surface area contributed by atoms with E-state index in [0.29, 0.717) is 5.92 Å². The van der Waals surface area contributed by atoms with Crippen LogP contribution in [0.25, 0.3) is 0 Å². The van der Waals surface area contributed by atoms with Crippen molar-refractivity contribution in [2.75, 3.05) is 0 Å². The van der Waals surface area contributed by atoms with Gasteiger partial charge in [0, 0.05) is 0 Å². The third kappa shape index (κ3) is 1.56. The monoisotopic (exact) mass is 168 g/mol. The first-order valence-corrected chi connectivity index (χ1v) is 4.81. The molecule has 0 amide bonds. The van der Waals surface area contributed by atoms with Gasteiger partial charge in [0.05, 0.1) is 6.10 Å². The smallest absolute Gasteiger partial charge is 0.0548 e. The molecule has 1 N–H and O–H groups in total. The van der Waals surface area contributed by atoms with Crippen molar-refractivity contribution in [2.24, 2.45) is 11.3 Å². The van der Waals surface area contributed by atoms with E-state index < -0.39 is 0 Å². The van der Waals surface area contributed by atoms with E-state index in [4.69, 9.17) is 0 Å². The summed E-state index contributed by atoms with van der Waals surface area (Å²) in [6.07, 6.45) is 2.88. The highest BCUT2D eigenvalue weighted by Crippen LogP contribution is 2.45. The van der Waals surface area contributed by atoms with Crippen molar-refractivity contribution in [2.45, 2.75) is 46.1 Å². The van der Waals surface area contributed by atoms with Gasteiger partial charge in [-0.2, -0.15) is 0 Å². The summed E-state index contributed by atoms with van der Waals surface area (Å²) in [5.41, 5.74) is 1.38. The van der Waals surface area contributed by atoms with E-state index in [1.165, 1.54) is 5.57 Å². The fourth-order valence-electron chi connectivity index (χ4n) is 2.15. The minimum atomic E-state index is -0.108. The predicted octanol–water partition coefficient (Wildman–Crippen LogP) is 2.75. The van der Waals surface area contributed by atoms with Crippen molar-refractivity contribution >= 4 is 0 Å². The highest BCUT2D eigenvalue weighted by Gasteiger charge is 2.37. The standard InChI is InChI=1S/C11H20O/c1-8(2)11(4)7-10(12)6-5-9(11)3/h9-10,12H,1,5-7H2,2-4H3. The maximum absolute atomic E-state index is 9.57. The normalized spacial score (nSPS) is 42.7. The van der Waals surface area contributed by atoms with Crippen LogP contribution in [0.15, 0.2) is 12.2 Å². The quantitative estimate of drug-likeness (QED) is 0.597. The Morgan fingerprint density at radius 2 is 2.08 bits per heavy atom. The molecular weight excluding hydrogens is 148 g/mol. The van der Waals surface area contributed by atoms with Gasteiger partial charge in [0.15, 0.2) is 0 Å². The second kappa shape index (κ2) is 3.21. The van der Waals surface area contributed by atoms with Gasteiger partial charge in [0.2, 0.25) is 0 Å². The summed E-state index contributed by atoms with van der Waals surface area (Å²) in [5, 5.41) is 9.57. The second-order valence-corrected chi connectivity index (χ2v) is 4.53. The SMILES string of the molecule is C=C(C)C1(C)CC(O)CCC1C. The highest BCUT2D eigenvalue weighted by atomic mass is 16.3. The zero-order chi connectivity index (χ0) is 9.35. The summed E-state index contributed by atoms with van der Waals surface area (Å²) in [7, 11) is 0. The lowest BCUT2D eigenvalue weighted by Crippen LogP contribution is -2.36. The molecular formula is C11H20O. The first kappa shape index (κ1) is 9.79. The molecule has 1 saturated carbocycles. The van der Waals surface area contributed by atoms with Crippen LogP contribution in [-0.4, -0.2) is 11.2 Å². The molecule has 1 aliphatic carbocycles. The molecule has 0 heterocycles. The van der Waals surface area contributed by atoms with E-state index >= 15 is 0 Å². The van der Waals surface area contributed by atoms with Crippen molar-refractivity contribution < 1.29 is 5.11 Å². The molecule has 1 fully saturated rings. The van der Waals surface area contributed by atoms with Crippen molar-refractivity contribution in [1.82, 2.24) is 0 Å². The first-order valence-electron chi connectivity index (χ1n) is 4.81. The maximum atomic E-state index is 9.57. The van der Waals surface area contributed by atoms with Crippen LogP contribution in [0.3, 0.4) is 0 Å². The van der Waals surface area contributed by atoms with Crippen LogP contribution >= 0.6 is 0 Å². The minimum Gasteiger partial charge on any atom is -0.393 e. The molecule has 12 heavy (non-hydrogen) atoms. The number of aliphatic hydroxyl groups is 1. The largest absolute Gasteiger partial charge is 0.393 e. The third-order valence-corrected chi connectivity index (χ3v) is 3.66. The van der Waals surface area contributed by atoms with E-state index in [1.807, 2.05) is 0 Å². The average Bonchev–Trinajstić information content (AvgIpc) is 1.97. The van der Waals surface area contributed by atoms with Gasteiger partial charge in [-0.05, 0) is 37.5 Å². The Bertz CT molecular complexity index is 185. The fraction of sp³-hybridized carbons (Fsp3) is 0.818. The van der Waals surface area contributed by atoms with Gasteiger partial charge < -0.3 is 5.11 Å². The molecule has 0 radical (unpaired) electrons. The highest BCUT2D eigenvalue weighted by molar-refractivity contribution is 5.09. The summed E-state index contributed by atoms with van der Waals surface area (Å²) in [6.45, 7) is 10.6. The van der Waals surface area contributed by atoms with Crippen molar-refractivity contribution in [3.05, 3.63) is 12.2 Å². The average molecular weight is 168 g/mol. The Labute approximate surface area is 75.5 Å². The summed E-state index contributed by atoms with van der Waals surface area (Å²) in [4.78, 5) is 0. The van der Waals surface area contributed by atoms with E-state index in [-0.39, 0.29) is 11.5 Å². The number of rotatable bonds is 1. The van der Waals surface area contributed by atoms with Gasteiger partial charge in [0.1, 0.15) is 0 Å². The van der Waals surface area contributed by atoms with Crippen molar-refractivity contribution in [1.29, 1.82) is 0 Å². The molecule has 1 nitrogen and oxygen atoms in total. The molecule has 0 aliphatic heterocycles. The molecule has 0 spiro atoms. The molecule has 0 aromatic rings. The Balaban J connectivity index is 2.77. The molecule has 0 aromatic heterocycles. The van der Waals surface area contributed by atoms with Crippen LogP contribution < -0.4 is 0 Å². The van der Waals surface area contributed by atoms with E-state index in [0.717, 1.165) is 19.3 Å². The van der Waals surface area contributed by atoms with E-state index in [9.17, 15) is 5.11 Å². The number of aliphatic hydroxyl groups excluding tert-OH is 1. The Kier molecular flexibility index (Phi) is 2.62. The van der Waals surface area contributed by atoms with Crippen molar-refractivity contribution in [3.63, 3.8) is 0 Å². The molecule has 3 unspecified atom stereocenters. The Morgan fingerprint density at radius 3 is 2.50 bits per heavy atom. The minimum absolute atomic E-state index is 0.108. The lowest BCUT2D eigenvalue weighted by molar-refractivity contribution is 0.0400. The zero-order valence-electron chi connectivity index (χ0n) is 8.43. The van der Waals surface area contributed by atoms with Crippen LogP contribution in [0.4, 0.5) is 0 Å². The number of allylic oxidation sites excluding steroid dienone is 1. The lowest BCUT2D eigenvalue weighted by atomic mass is 9.64. The topological polar surface area (TPSA) is 20.2 Å². The Hall–Kier alpha value is -0.300. The zero-order valence-corrected chi connectivity index (χ0v) is 8.43. The molecule has 3 atom stereocenters. The fourth-order valence-corrected chi connectivity index (χ4v) is 2.15. The summed E-state index contributed by atoms with van der Waals surface area (Å²) in [5.74, 6) is 0.665. The number of hydrogen-bond donors (Lipinski definition) is 1. The van der Waals surface area contributed by atoms with Crippen LogP contribution in [0, 0.1) is 11.3 Å². The Morgan fingerprint density at radius 1 is 1.50 bits per heavy atom. The van der Waals surface area contributed by atoms with Crippen LogP contribution in [0.1, 0.15) is 40.0 Å². The van der Waals surface area contributed by atoms with Crippen molar-refractivity contribution in [3.8, 4) is 0 Å². The van der Waals surface area contributed by atoms with Crippen LogP contribution in [-0.2, 0) is 0 Å². The van der Waals surface area contributed by atoms with E-state index in [2.05, 4.69) is 27.4 Å². The molecule has 1 rings (SSSR count). The van der Waals surface area contributed by atoms with Crippen LogP contribution in [0.5, 0.6) is 0 Å². The maximum Gasteiger partial charge on any atom is 0.0548 e. The second-order valence-electron chi connectivity index (χ2n) is 4.53. The van der Waals surface area contributed by atoms with Crippen LogP contribution in [0.2, 0.25) is 0 Å². The molecule has 1 heteroatoms. The van der Waals surface area contributed by atoms with Gasteiger partial charge in [0.25, 0.3) is 0 Å². The predicted molar refractivity (Wildman–Crippen MR) is 51.9 cm³/mol. The van der Waals surface area contributed by atoms with Gasteiger partial charge in [-0.3, -0.25) is 0 Å². The lowest BCUT2D eigenvalue weighted by Gasteiger charge is -2.42. The van der Waals surface area contributed by atoms with Gasteiger partial charge >= 0.3 is 0 Å². The summed E-state index contributed by atoms with van der Waals surface area (Å²) >= 11 is 0. The molecule has 0 bridgehead atoms. The van der Waals surface area contributed by atoms with Gasteiger partial charge in [-0.1, -0.05) is 26.0 Å². The van der Waals surface area contributed by atoms with E-state index in [1.54, 1.807) is 0 Å².